The van der Waals surface area contributed by atoms with Gasteiger partial charge in [-0.15, -0.1) is 0 Å². The van der Waals surface area contributed by atoms with Crippen LogP contribution in [0, 0.1) is 0 Å². The Labute approximate surface area is 104 Å². The Morgan fingerprint density at radius 3 is 2.76 bits per heavy atom. The highest BCUT2D eigenvalue weighted by Crippen LogP contribution is 2.19. The minimum absolute atomic E-state index is 0.327. The number of carbonyl (C=O) groups excluding carboxylic acids is 1. The largest absolute Gasteiger partial charge is 0.338 e. The smallest absolute Gasteiger partial charge is 0.222 e. The molecule has 1 aliphatic heterocycles. The lowest BCUT2D eigenvalue weighted by Crippen LogP contribution is -2.35. The molecule has 0 unspecified atom stereocenters. The molecule has 0 saturated carbocycles. The molecule has 1 heterocycles. The predicted molar refractivity (Wildman–Crippen MR) is 69.7 cm³/mol. The van der Waals surface area contributed by atoms with E-state index in [-0.39, 0.29) is 0 Å². The topological polar surface area (TPSA) is 20.3 Å². The Morgan fingerprint density at radius 2 is 2.00 bits per heavy atom. The van der Waals surface area contributed by atoms with Crippen molar-refractivity contribution in [3.63, 3.8) is 0 Å². The number of benzene rings is 1. The molecule has 0 spiro atoms. The lowest BCUT2D eigenvalue weighted by atomic mass is 9.99. The highest BCUT2D eigenvalue weighted by atomic mass is 16.2. The van der Waals surface area contributed by atoms with E-state index in [1.54, 1.807) is 0 Å². The zero-order valence-corrected chi connectivity index (χ0v) is 10.6. The van der Waals surface area contributed by atoms with Crippen molar-refractivity contribution in [2.24, 2.45) is 0 Å². The van der Waals surface area contributed by atoms with E-state index in [2.05, 4.69) is 31.2 Å². The van der Waals surface area contributed by atoms with Crippen molar-refractivity contribution >= 4 is 5.91 Å². The molecule has 1 aromatic rings. The molecule has 0 aliphatic carbocycles. The fourth-order valence-corrected chi connectivity index (χ4v) is 2.39. The lowest BCUT2D eigenvalue weighted by Gasteiger charge is -2.29. The second-order valence-corrected chi connectivity index (χ2v) is 4.79. The van der Waals surface area contributed by atoms with Gasteiger partial charge in [-0.05, 0) is 24.0 Å². The van der Waals surface area contributed by atoms with Crippen LogP contribution in [-0.2, 0) is 17.8 Å². The summed E-state index contributed by atoms with van der Waals surface area (Å²) < 4.78 is 0. The van der Waals surface area contributed by atoms with Crippen LogP contribution < -0.4 is 0 Å². The molecule has 1 aromatic carbocycles. The molecule has 17 heavy (non-hydrogen) atoms. The van der Waals surface area contributed by atoms with Crippen molar-refractivity contribution in [3.05, 3.63) is 35.4 Å². The van der Waals surface area contributed by atoms with E-state index in [4.69, 9.17) is 0 Å². The molecule has 2 heteroatoms. The number of amides is 1. The minimum Gasteiger partial charge on any atom is -0.338 e. The van der Waals surface area contributed by atoms with E-state index in [1.165, 1.54) is 17.5 Å². The summed E-state index contributed by atoms with van der Waals surface area (Å²) in [6.45, 7) is 3.87. The third-order valence-corrected chi connectivity index (χ3v) is 3.48. The van der Waals surface area contributed by atoms with Gasteiger partial charge < -0.3 is 4.90 Å². The van der Waals surface area contributed by atoms with Gasteiger partial charge in [0.2, 0.25) is 5.91 Å². The molecule has 0 saturated heterocycles. The van der Waals surface area contributed by atoms with Gasteiger partial charge in [-0.25, -0.2) is 0 Å². The zero-order valence-electron chi connectivity index (χ0n) is 10.6. The highest BCUT2D eigenvalue weighted by molar-refractivity contribution is 5.76. The summed E-state index contributed by atoms with van der Waals surface area (Å²) in [6, 6.07) is 8.45. The van der Waals surface area contributed by atoms with Gasteiger partial charge in [0.05, 0.1) is 0 Å². The van der Waals surface area contributed by atoms with Gasteiger partial charge >= 0.3 is 0 Å². The molecule has 0 aromatic heterocycles. The van der Waals surface area contributed by atoms with Crippen LogP contribution in [0.15, 0.2) is 24.3 Å². The van der Waals surface area contributed by atoms with Gasteiger partial charge in [-0.2, -0.15) is 0 Å². The summed E-state index contributed by atoms with van der Waals surface area (Å²) in [4.78, 5) is 14.0. The summed E-state index contributed by atoms with van der Waals surface area (Å²) in [5.41, 5.74) is 2.73. The lowest BCUT2D eigenvalue weighted by molar-refractivity contribution is -0.132. The number of rotatable bonds is 4. The predicted octanol–water partition coefficient (Wildman–Crippen LogP) is 3.15. The van der Waals surface area contributed by atoms with E-state index in [0.29, 0.717) is 5.91 Å². The van der Waals surface area contributed by atoms with Crippen molar-refractivity contribution in [3.8, 4) is 0 Å². The molecule has 1 amide bonds. The van der Waals surface area contributed by atoms with Gasteiger partial charge in [0.1, 0.15) is 0 Å². The molecule has 1 aliphatic rings. The number of hydrogen-bond acceptors (Lipinski definition) is 1. The first-order valence-corrected chi connectivity index (χ1v) is 6.66. The van der Waals surface area contributed by atoms with Gasteiger partial charge in [0, 0.05) is 19.5 Å². The van der Waals surface area contributed by atoms with E-state index in [9.17, 15) is 4.79 Å². The molecule has 2 nitrogen and oxygen atoms in total. The first-order valence-electron chi connectivity index (χ1n) is 6.66. The number of unbranched alkanes of at least 4 members (excludes halogenated alkanes) is 2. The normalized spacial score (nSPS) is 14.5. The highest BCUT2D eigenvalue weighted by Gasteiger charge is 2.19. The van der Waals surface area contributed by atoms with Crippen LogP contribution in [0.1, 0.15) is 43.7 Å². The first-order chi connectivity index (χ1) is 8.31. The fraction of sp³-hybridized carbons (Fsp3) is 0.533. The van der Waals surface area contributed by atoms with Crippen LogP contribution >= 0.6 is 0 Å². The number of fused-ring (bicyclic) bond motifs is 1. The molecule has 92 valence electrons. The molecule has 0 N–H and O–H groups in total. The quantitative estimate of drug-likeness (QED) is 0.729. The van der Waals surface area contributed by atoms with Crippen molar-refractivity contribution in [1.29, 1.82) is 0 Å². The van der Waals surface area contributed by atoms with Crippen LogP contribution in [0.25, 0.3) is 0 Å². The van der Waals surface area contributed by atoms with Crippen LogP contribution in [-0.4, -0.2) is 17.4 Å². The summed E-state index contributed by atoms with van der Waals surface area (Å²) in [5, 5.41) is 0. The van der Waals surface area contributed by atoms with E-state index < -0.39 is 0 Å². The second-order valence-electron chi connectivity index (χ2n) is 4.79. The first kappa shape index (κ1) is 12.2. The van der Waals surface area contributed by atoms with Crippen LogP contribution in [0.2, 0.25) is 0 Å². The Morgan fingerprint density at radius 1 is 1.24 bits per heavy atom. The van der Waals surface area contributed by atoms with E-state index in [0.717, 1.165) is 38.8 Å². The fourth-order valence-electron chi connectivity index (χ4n) is 2.39. The summed E-state index contributed by atoms with van der Waals surface area (Å²) >= 11 is 0. The Kier molecular flexibility index (Phi) is 4.18. The van der Waals surface area contributed by atoms with Gasteiger partial charge in [0.25, 0.3) is 0 Å². The molecule has 0 bridgehead atoms. The van der Waals surface area contributed by atoms with Crippen molar-refractivity contribution in [2.45, 2.75) is 45.6 Å². The van der Waals surface area contributed by atoms with E-state index in [1.807, 2.05) is 4.90 Å². The Hall–Kier alpha value is -1.31. The number of carbonyl (C=O) groups is 1. The summed E-state index contributed by atoms with van der Waals surface area (Å²) in [6.07, 6.45) is 5.10. The standard InChI is InChI=1S/C15H21NO/c1-2-3-4-9-15(17)16-11-10-13-7-5-6-8-14(13)12-16/h5-8H,2-4,9-12H2,1H3. The summed E-state index contributed by atoms with van der Waals surface area (Å²) in [5.74, 6) is 0.327. The van der Waals surface area contributed by atoms with Crippen LogP contribution in [0.5, 0.6) is 0 Å². The molecule has 0 fully saturated rings. The third kappa shape index (κ3) is 3.09. The number of hydrogen-bond donors (Lipinski definition) is 0. The maximum atomic E-state index is 12.0. The summed E-state index contributed by atoms with van der Waals surface area (Å²) in [7, 11) is 0. The van der Waals surface area contributed by atoms with Crippen molar-refractivity contribution in [1.82, 2.24) is 4.90 Å². The van der Waals surface area contributed by atoms with Gasteiger partial charge in [-0.3, -0.25) is 4.79 Å². The average Bonchev–Trinajstić information content (AvgIpc) is 2.38. The average molecular weight is 231 g/mol. The number of nitrogens with zero attached hydrogens (tertiary/aromatic N) is 1. The molecule has 0 radical (unpaired) electrons. The minimum atomic E-state index is 0.327. The van der Waals surface area contributed by atoms with Gasteiger partial charge in [-0.1, -0.05) is 44.0 Å². The van der Waals surface area contributed by atoms with Crippen LogP contribution in [0.3, 0.4) is 0 Å². The maximum Gasteiger partial charge on any atom is 0.222 e. The molecular formula is C15H21NO. The monoisotopic (exact) mass is 231 g/mol. The molecule has 2 rings (SSSR count). The molecule has 0 atom stereocenters. The third-order valence-electron chi connectivity index (χ3n) is 3.48. The van der Waals surface area contributed by atoms with Gasteiger partial charge in [0.15, 0.2) is 0 Å². The zero-order chi connectivity index (χ0) is 12.1. The van der Waals surface area contributed by atoms with Crippen LogP contribution in [0.4, 0.5) is 0 Å². The van der Waals surface area contributed by atoms with Crippen molar-refractivity contribution in [2.75, 3.05) is 6.54 Å². The second kappa shape index (κ2) is 5.85. The SMILES string of the molecule is CCCCCC(=O)N1CCc2ccccc2C1. The van der Waals surface area contributed by atoms with E-state index >= 15 is 0 Å². The Balaban J connectivity index is 1.91. The Bertz CT molecular complexity index is 386. The van der Waals surface area contributed by atoms with Crippen molar-refractivity contribution < 1.29 is 4.79 Å². The molecular weight excluding hydrogens is 210 g/mol. The maximum absolute atomic E-state index is 12.0.